The van der Waals surface area contributed by atoms with Crippen LogP contribution in [0.25, 0.3) is 16.7 Å². The fourth-order valence-electron chi connectivity index (χ4n) is 1.79. The van der Waals surface area contributed by atoms with E-state index in [9.17, 15) is 9.90 Å². The van der Waals surface area contributed by atoms with Crippen LogP contribution in [-0.2, 0) is 4.79 Å². The molecule has 0 aliphatic carbocycles. The summed E-state index contributed by atoms with van der Waals surface area (Å²) in [5, 5.41) is 9.53. The Kier molecular flexibility index (Phi) is 3.26. The Hall–Kier alpha value is -1.62. The van der Waals surface area contributed by atoms with Crippen molar-refractivity contribution in [3.63, 3.8) is 0 Å². The van der Waals surface area contributed by atoms with E-state index in [-0.39, 0.29) is 23.0 Å². The zero-order valence-electron chi connectivity index (χ0n) is 10.2. The van der Waals surface area contributed by atoms with Gasteiger partial charge in [0.05, 0.1) is 4.47 Å². The number of halogens is 1. The Balaban J connectivity index is 2.71. The first-order valence-electron chi connectivity index (χ1n) is 5.38. The molecule has 1 aromatic heterocycles. The standard InChI is InChI=1S/C13H12BrNO3/c1-6-4-9(14)12-10(5-6)15-13(18-12)11(7(2)16)8(3)17/h4-5,16H,1-3H3/b11-7-. The lowest BCUT2D eigenvalue weighted by Crippen LogP contribution is -1.99. The zero-order valence-corrected chi connectivity index (χ0v) is 11.8. The van der Waals surface area contributed by atoms with Crippen molar-refractivity contribution in [1.82, 2.24) is 4.98 Å². The highest BCUT2D eigenvalue weighted by Gasteiger charge is 2.19. The number of aromatic nitrogens is 1. The molecule has 1 aromatic carbocycles. The average Bonchev–Trinajstić information content (AvgIpc) is 2.59. The SMILES string of the molecule is CC(=O)/C(=C(\C)O)c1nc2cc(C)cc(Br)c2o1. The summed E-state index contributed by atoms with van der Waals surface area (Å²) >= 11 is 3.39. The summed E-state index contributed by atoms with van der Waals surface area (Å²) in [6.45, 7) is 4.74. The van der Waals surface area contributed by atoms with Crippen molar-refractivity contribution in [2.45, 2.75) is 20.8 Å². The van der Waals surface area contributed by atoms with Gasteiger partial charge < -0.3 is 9.52 Å². The van der Waals surface area contributed by atoms with E-state index in [4.69, 9.17) is 4.42 Å². The minimum absolute atomic E-state index is 0.0955. The predicted octanol–water partition coefficient (Wildman–Crippen LogP) is 3.78. The summed E-state index contributed by atoms with van der Waals surface area (Å²) in [5.41, 5.74) is 2.35. The van der Waals surface area contributed by atoms with Crippen LogP contribution in [0.4, 0.5) is 0 Å². The van der Waals surface area contributed by atoms with E-state index < -0.39 is 0 Å². The molecule has 0 atom stereocenters. The molecule has 0 radical (unpaired) electrons. The van der Waals surface area contributed by atoms with E-state index in [0.717, 1.165) is 10.0 Å². The lowest BCUT2D eigenvalue weighted by Gasteiger charge is -1.98. The van der Waals surface area contributed by atoms with E-state index in [1.807, 2.05) is 19.1 Å². The van der Waals surface area contributed by atoms with Gasteiger partial charge in [0.2, 0.25) is 5.89 Å². The number of rotatable bonds is 2. The van der Waals surface area contributed by atoms with Crippen LogP contribution in [0.15, 0.2) is 26.8 Å². The minimum atomic E-state index is -0.283. The number of carbonyl (C=O) groups is 1. The summed E-state index contributed by atoms with van der Waals surface area (Å²) in [7, 11) is 0. The summed E-state index contributed by atoms with van der Waals surface area (Å²) < 4.78 is 6.31. The summed E-state index contributed by atoms with van der Waals surface area (Å²) in [5.74, 6) is -0.236. The Labute approximate surface area is 112 Å². The fraction of sp³-hybridized carbons (Fsp3) is 0.231. The molecule has 94 valence electrons. The van der Waals surface area contributed by atoms with Crippen LogP contribution in [0.5, 0.6) is 0 Å². The number of carbonyl (C=O) groups excluding carboxylic acids is 1. The number of fused-ring (bicyclic) bond motifs is 1. The number of hydrogen-bond donors (Lipinski definition) is 1. The van der Waals surface area contributed by atoms with Crippen LogP contribution >= 0.6 is 15.9 Å². The fourth-order valence-corrected chi connectivity index (χ4v) is 2.44. The molecular formula is C13H12BrNO3. The highest BCUT2D eigenvalue weighted by Crippen LogP contribution is 2.29. The van der Waals surface area contributed by atoms with Crippen LogP contribution < -0.4 is 0 Å². The number of Topliss-reactive ketones (excluding diaryl/α,β-unsaturated/α-hetero) is 1. The van der Waals surface area contributed by atoms with Crippen molar-refractivity contribution in [2.24, 2.45) is 0 Å². The lowest BCUT2D eigenvalue weighted by molar-refractivity contribution is -0.112. The maximum absolute atomic E-state index is 11.5. The van der Waals surface area contributed by atoms with Crippen LogP contribution in [-0.4, -0.2) is 15.9 Å². The van der Waals surface area contributed by atoms with Crippen molar-refractivity contribution in [1.29, 1.82) is 0 Å². The maximum Gasteiger partial charge on any atom is 0.234 e. The molecule has 0 bridgehead atoms. The Bertz CT molecular complexity index is 666. The number of aliphatic hydroxyl groups excluding tert-OH is 1. The molecule has 0 saturated heterocycles. The van der Waals surface area contributed by atoms with E-state index in [2.05, 4.69) is 20.9 Å². The van der Waals surface area contributed by atoms with Gasteiger partial charge in [0.25, 0.3) is 0 Å². The minimum Gasteiger partial charge on any atom is -0.512 e. The molecule has 0 aliphatic rings. The maximum atomic E-state index is 11.5. The molecule has 0 amide bonds. The molecule has 0 unspecified atom stereocenters. The molecule has 1 N–H and O–H groups in total. The molecule has 0 spiro atoms. The van der Waals surface area contributed by atoms with E-state index in [1.165, 1.54) is 13.8 Å². The normalized spacial score (nSPS) is 12.7. The summed E-state index contributed by atoms with van der Waals surface area (Å²) in [6, 6.07) is 3.76. The van der Waals surface area contributed by atoms with Crippen molar-refractivity contribution in [3.8, 4) is 0 Å². The molecule has 5 heteroatoms. The van der Waals surface area contributed by atoms with Gasteiger partial charge in [-0.15, -0.1) is 0 Å². The van der Waals surface area contributed by atoms with Gasteiger partial charge in [0.15, 0.2) is 11.4 Å². The van der Waals surface area contributed by atoms with Crippen molar-refractivity contribution < 1.29 is 14.3 Å². The Morgan fingerprint density at radius 1 is 1.39 bits per heavy atom. The van der Waals surface area contributed by atoms with Gasteiger partial charge in [-0.2, -0.15) is 0 Å². The Morgan fingerprint density at radius 3 is 2.61 bits per heavy atom. The van der Waals surface area contributed by atoms with Crippen LogP contribution in [0.3, 0.4) is 0 Å². The van der Waals surface area contributed by atoms with Crippen LogP contribution in [0.2, 0.25) is 0 Å². The lowest BCUT2D eigenvalue weighted by atomic mass is 10.1. The van der Waals surface area contributed by atoms with Gasteiger partial charge in [0, 0.05) is 0 Å². The first kappa shape index (κ1) is 12.8. The second-order valence-electron chi connectivity index (χ2n) is 4.13. The first-order valence-corrected chi connectivity index (χ1v) is 6.17. The highest BCUT2D eigenvalue weighted by molar-refractivity contribution is 9.10. The predicted molar refractivity (Wildman–Crippen MR) is 72.3 cm³/mol. The second kappa shape index (κ2) is 4.57. The number of aryl methyl sites for hydroxylation is 1. The van der Waals surface area contributed by atoms with E-state index in [1.54, 1.807) is 0 Å². The molecule has 18 heavy (non-hydrogen) atoms. The number of nitrogens with zero attached hydrogens (tertiary/aromatic N) is 1. The van der Waals surface area contributed by atoms with Crippen LogP contribution in [0, 0.1) is 6.92 Å². The van der Waals surface area contributed by atoms with E-state index in [0.29, 0.717) is 11.1 Å². The molecule has 1 heterocycles. The van der Waals surface area contributed by atoms with Gasteiger partial charge in [-0.25, -0.2) is 4.98 Å². The molecule has 0 aliphatic heterocycles. The van der Waals surface area contributed by atoms with Gasteiger partial charge in [-0.05, 0) is 54.4 Å². The number of aliphatic hydroxyl groups is 1. The topological polar surface area (TPSA) is 63.3 Å². The third-order valence-corrected chi connectivity index (χ3v) is 3.11. The van der Waals surface area contributed by atoms with Gasteiger partial charge in [-0.3, -0.25) is 4.79 Å². The van der Waals surface area contributed by atoms with Crippen molar-refractivity contribution in [2.75, 3.05) is 0 Å². The summed E-state index contributed by atoms with van der Waals surface area (Å²) in [6.07, 6.45) is 0. The second-order valence-corrected chi connectivity index (χ2v) is 4.98. The average molecular weight is 310 g/mol. The quantitative estimate of drug-likeness (QED) is 0.677. The number of oxazole rings is 1. The van der Waals surface area contributed by atoms with Gasteiger partial charge in [0.1, 0.15) is 16.8 Å². The first-order chi connectivity index (χ1) is 8.40. The molecule has 0 saturated carbocycles. The molecule has 4 nitrogen and oxygen atoms in total. The van der Waals surface area contributed by atoms with Crippen molar-refractivity contribution >= 4 is 38.4 Å². The largest absolute Gasteiger partial charge is 0.512 e. The van der Waals surface area contributed by atoms with Gasteiger partial charge >= 0.3 is 0 Å². The molecular weight excluding hydrogens is 298 g/mol. The number of ketones is 1. The summed E-state index contributed by atoms with van der Waals surface area (Å²) in [4.78, 5) is 15.7. The third kappa shape index (κ3) is 2.18. The van der Waals surface area contributed by atoms with Gasteiger partial charge in [-0.1, -0.05) is 0 Å². The van der Waals surface area contributed by atoms with Crippen LogP contribution in [0.1, 0.15) is 25.3 Å². The highest BCUT2D eigenvalue weighted by atomic mass is 79.9. The molecule has 2 rings (SSSR count). The Morgan fingerprint density at radius 2 is 2.06 bits per heavy atom. The molecule has 0 fully saturated rings. The van der Waals surface area contributed by atoms with Crippen molar-refractivity contribution in [3.05, 3.63) is 33.8 Å². The third-order valence-electron chi connectivity index (χ3n) is 2.52. The molecule has 2 aromatic rings. The number of benzene rings is 1. The monoisotopic (exact) mass is 309 g/mol. The number of hydrogen-bond acceptors (Lipinski definition) is 4. The number of allylic oxidation sites excluding steroid dienone is 2. The smallest absolute Gasteiger partial charge is 0.234 e. The zero-order chi connectivity index (χ0) is 13.4. The van der Waals surface area contributed by atoms with E-state index >= 15 is 0 Å².